The fraction of sp³-hybridized carbons (Fsp3) is 0.500. The molecule has 0 spiro atoms. The number of nitrogens with zero attached hydrogens (tertiary/aromatic N) is 2. The molecule has 2 N–H and O–H groups in total. The second-order valence-corrected chi connectivity index (χ2v) is 6.93. The highest BCUT2D eigenvalue weighted by atomic mass is 16.5. The van der Waals surface area contributed by atoms with Gasteiger partial charge in [0.05, 0.1) is 6.10 Å². The molecule has 0 bridgehead atoms. The van der Waals surface area contributed by atoms with Crippen LogP contribution < -0.4 is 10.5 Å². The number of hydrogen-bond acceptors (Lipinski definition) is 3. The van der Waals surface area contributed by atoms with E-state index in [1.54, 1.807) is 15.9 Å². The Morgan fingerprint density at radius 3 is 2.54 bits per heavy atom. The Kier molecular flexibility index (Phi) is 6.15. The average Bonchev–Trinajstić information content (AvgIpc) is 3.00. The van der Waals surface area contributed by atoms with Crippen LogP contribution >= 0.6 is 0 Å². The smallest absolute Gasteiger partial charge is 0.314 e. The van der Waals surface area contributed by atoms with Gasteiger partial charge in [-0.15, -0.1) is 0 Å². The van der Waals surface area contributed by atoms with E-state index in [1.807, 2.05) is 30.3 Å². The lowest BCUT2D eigenvalue weighted by Gasteiger charge is -2.19. The highest BCUT2D eigenvalue weighted by Gasteiger charge is 2.19. The molecule has 1 aliphatic heterocycles. The van der Waals surface area contributed by atoms with Gasteiger partial charge in [-0.05, 0) is 55.9 Å². The van der Waals surface area contributed by atoms with Crippen molar-refractivity contribution in [2.75, 3.05) is 26.2 Å². The van der Waals surface area contributed by atoms with Crippen LogP contribution in [0.15, 0.2) is 30.3 Å². The minimum Gasteiger partial charge on any atom is -0.490 e. The van der Waals surface area contributed by atoms with Crippen molar-refractivity contribution in [1.82, 2.24) is 9.80 Å². The molecule has 1 aliphatic carbocycles. The first kappa shape index (κ1) is 18.3. The Bertz CT molecular complexity index is 668. The van der Waals surface area contributed by atoms with Crippen LogP contribution in [0.5, 0.6) is 5.75 Å². The number of amides is 3. The molecule has 3 amide bonds. The zero-order chi connectivity index (χ0) is 18.4. The van der Waals surface area contributed by atoms with Crippen LogP contribution in [-0.2, 0) is 4.79 Å². The zero-order valence-electron chi connectivity index (χ0n) is 15.1. The second-order valence-electron chi connectivity index (χ2n) is 6.93. The average molecular weight is 357 g/mol. The molecule has 1 saturated carbocycles. The summed E-state index contributed by atoms with van der Waals surface area (Å²) in [5.74, 6) is 0.816. The third-order valence-corrected chi connectivity index (χ3v) is 5.00. The normalized spacial score (nSPS) is 18.9. The maximum atomic E-state index is 12.4. The summed E-state index contributed by atoms with van der Waals surface area (Å²) in [5.41, 5.74) is 6.27. The van der Waals surface area contributed by atoms with Crippen LogP contribution in [0.4, 0.5) is 4.79 Å². The molecule has 6 nitrogen and oxygen atoms in total. The van der Waals surface area contributed by atoms with Crippen molar-refractivity contribution < 1.29 is 14.3 Å². The van der Waals surface area contributed by atoms with Gasteiger partial charge in [0.2, 0.25) is 5.91 Å². The maximum absolute atomic E-state index is 12.4. The van der Waals surface area contributed by atoms with Crippen molar-refractivity contribution in [3.63, 3.8) is 0 Å². The number of carbonyl (C=O) groups is 2. The van der Waals surface area contributed by atoms with E-state index in [-0.39, 0.29) is 5.91 Å². The number of primary amides is 1. The largest absolute Gasteiger partial charge is 0.490 e. The summed E-state index contributed by atoms with van der Waals surface area (Å²) in [7, 11) is 0. The molecule has 0 radical (unpaired) electrons. The van der Waals surface area contributed by atoms with Crippen molar-refractivity contribution >= 4 is 18.0 Å². The number of ether oxygens (including phenoxy) is 1. The van der Waals surface area contributed by atoms with E-state index in [0.717, 1.165) is 30.6 Å². The van der Waals surface area contributed by atoms with Gasteiger partial charge in [0.1, 0.15) is 5.75 Å². The van der Waals surface area contributed by atoms with Gasteiger partial charge in [-0.25, -0.2) is 4.79 Å². The molecule has 1 aromatic carbocycles. The Morgan fingerprint density at radius 1 is 1.04 bits per heavy atom. The van der Waals surface area contributed by atoms with Crippen LogP contribution in [0.25, 0.3) is 6.08 Å². The molecule has 140 valence electrons. The lowest BCUT2D eigenvalue weighted by Crippen LogP contribution is -2.39. The monoisotopic (exact) mass is 357 g/mol. The summed E-state index contributed by atoms with van der Waals surface area (Å²) < 4.78 is 6.01. The summed E-state index contributed by atoms with van der Waals surface area (Å²) in [6, 6.07) is 7.42. The quantitative estimate of drug-likeness (QED) is 0.842. The minimum absolute atomic E-state index is 0.0431. The fourth-order valence-electron chi connectivity index (χ4n) is 3.52. The number of rotatable bonds is 4. The Labute approximate surface area is 154 Å². The van der Waals surface area contributed by atoms with Crippen LogP contribution in [0.1, 0.15) is 37.7 Å². The lowest BCUT2D eigenvalue weighted by molar-refractivity contribution is -0.125. The number of nitrogens with two attached hydrogens (primary N) is 1. The van der Waals surface area contributed by atoms with Crippen LogP contribution in [0, 0.1) is 0 Å². The van der Waals surface area contributed by atoms with Gasteiger partial charge >= 0.3 is 6.03 Å². The van der Waals surface area contributed by atoms with Crippen molar-refractivity contribution in [2.45, 2.75) is 38.2 Å². The fourth-order valence-corrected chi connectivity index (χ4v) is 3.52. The highest BCUT2D eigenvalue weighted by Crippen LogP contribution is 2.24. The summed E-state index contributed by atoms with van der Waals surface area (Å²) in [4.78, 5) is 27.1. The van der Waals surface area contributed by atoms with E-state index < -0.39 is 6.03 Å². The first-order valence-corrected chi connectivity index (χ1v) is 9.40. The predicted molar refractivity (Wildman–Crippen MR) is 101 cm³/mol. The van der Waals surface area contributed by atoms with Gasteiger partial charge < -0.3 is 20.3 Å². The molecule has 0 atom stereocenters. The van der Waals surface area contributed by atoms with Gasteiger partial charge in [0, 0.05) is 32.3 Å². The summed E-state index contributed by atoms with van der Waals surface area (Å²) in [6.45, 7) is 2.23. The standard InChI is InChI=1S/C20H27N3O3/c21-20(25)23-12-4-11-22(13-14-23)19(24)10-9-16-5-3-8-18(15-16)26-17-6-1-2-7-17/h3,5,8-10,15,17H,1-2,4,6-7,11-14H2,(H2,21,25). The Morgan fingerprint density at radius 2 is 1.77 bits per heavy atom. The van der Waals surface area contributed by atoms with Gasteiger partial charge in [0.25, 0.3) is 0 Å². The third-order valence-electron chi connectivity index (χ3n) is 5.00. The molecule has 2 fully saturated rings. The Balaban J connectivity index is 1.56. The number of carbonyl (C=O) groups excluding carboxylic acids is 2. The van der Waals surface area contributed by atoms with Gasteiger partial charge in [0.15, 0.2) is 0 Å². The molecular weight excluding hydrogens is 330 g/mol. The van der Waals surface area contributed by atoms with E-state index in [4.69, 9.17) is 10.5 Å². The molecule has 1 saturated heterocycles. The van der Waals surface area contributed by atoms with E-state index >= 15 is 0 Å². The third kappa shape index (κ3) is 5.00. The van der Waals surface area contributed by atoms with Crippen molar-refractivity contribution in [3.05, 3.63) is 35.9 Å². The molecule has 0 aromatic heterocycles. The molecule has 0 unspecified atom stereocenters. The van der Waals surface area contributed by atoms with E-state index in [2.05, 4.69) is 0 Å². The maximum Gasteiger partial charge on any atom is 0.314 e. The molecule has 6 heteroatoms. The van der Waals surface area contributed by atoms with Gasteiger partial charge in [-0.1, -0.05) is 12.1 Å². The van der Waals surface area contributed by atoms with Crippen LogP contribution in [-0.4, -0.2) is 54.0 Å². The second kappa shape index (κ2) is 8.74. The van der Waals surface area contributed by atoms with Crippen molar-refractivity contribution in [2.24, 2.45) is 5.73 Å². The highest BCUT2D eigenvalue weighted by molar-refractivity contribution is 5.91. The SMILES string of the molecule is NC(=O)N1CCCN(C(=O)C=Cc2cccc(OC3CCCC3)c2)CC1. The van der Waals surface area contributed by atoms with E-state index in [0.29, 0.717) is 32.3 Å². The van der Waals surface area contributed by atoms with Gasteiger partial charge in [-0.2, -0.15) is 0 Å². The predicted octanol–water partition coefficient (Wildman–Crippen LogP) is 2.63. The first-order valence-electron chi connectivity index (χ1n) is 9.40. The topological polar surface area (TPSA) is 75.9 Å². The Hall–Kier alpha value is -2.50. The molecule has 3 rings (SSSR count). The van der Waals surface area contributed by atoms with Crippen molar-refractivity contribution in [3.8, 4) is 5.75 Å². The van der Waals surface area contributed by atoms with Crippen LogP contribution in [0.3, 0.4) is 0 Å². The van der Waals surface area contributed by atoms with E-state index in [9.17, 15) is 9.59 Å². The zero-order valence-corrected chi connectivity index (χ0v) is 15.1. The van der Waals surface area contributed by atoms with Crippen molar-refractivity contribution in [1.29, 1.82) is 0 Å². The molecule has 1 aromatic rings. The molecule has 1 heterocycles. The van der Waals surface area contributed by atoms with E-state index in [1.165, 1.54) is 12.8 Å². The van der Waals surface area contributed by atoms with Crippen LogP contribution in [0.2, 0.25) is 0 Å². The summed E-state index contributed by atoms with van der Waals surface area (Å²) in [5, 5.41) is 0. The number of benzene rings is 1. The molecular formula is C20H27N3O3. The van der Waals surface area contributed by atoms with Gasteiger partial charge in [-0.3, -0.25) is 4.79 Å². The first-order chi connectivity index (χ1) is 12.6. The summed E-state index contributed by atoms with van der Waals surface area (Å²) in [6.07, 6.45) is 9.19. The summed E-state index contributed by atoms with van der Waals surface area (Å²) >= 11 is 0. The lowest BCUT2D eigenvalue weighted by atomic mass is 10.2. The molecule has 26 heavy (non-hydrogen) atoms. The number of hydrogen-bond donors (Lipinski definition) is 1. The number of urea groups is 1. The molecule has 2 aliphatic rings. The minimum atomic E-state index is -0.422.